The van der Waals surface area contributed by atoms with Crippen molar-refractivity contribution in [2.24, 2.45) is 0 Å². The van der Waals surface area contributed by atoms with E-state index < -0.39 is 10.0 Å². The van der Waals surface area contributed by atoms with Gasteiger partial charge in [-0.25, -0.2) is 13.1 Å². The van der Waals surface area contributed by atoms with Crippen LogP contribution in [0.25, 0.3) is 10.8 Å². The molecular formula is C21H26N6O2S. The Morgan fingerprint density at radius 2 is 1.70 bits per heavy atom. The van der Waals surface area contributed by atoms with E-state index in [1.807, 2.05) is 44.4 Å². The van der Waals surface area contributed by atoms with Gasteiger partial charge >= 0.3 is 0 Å². The maximum absolute atomic E-state index is 13.0. The van der Waals surface area contributed by atoms with Crippen molar-refractivity contribution in [2.45, 2.75) is 30.7 Å². The monoisotopic (exact) mass is 426 g/mol. The van der Waals surface area contributed by atoms with Gasteiger partial charge in [-0.1, -0.05) is 36.4 Å². The van der Waals surface area contributed by atoms with Gasteiger partial charge in [0.25, 0.3) is 0 Å². The standard InChI is InChI=1S/C21H26N6O2S/c1-26(2)20-23-19(24-21(25-20)27-13-6-3-7-14-27)15-22-30(28,29)18-12-8-10-16-9-4-5-11-17(16)18/h4-5,8-12,22H,3,6-7,13-15H2,1-2H3. The molecule has 0 amide bonds. The van der Waals surface area contributed by atoms with Crippen molar-refractivity contribution in [1.29, 1.82) is 0 Å². The van der Waals surface area contributed by atoms with E-state index in [-0.39, 0.29) is 11.4 Å². The molecule has 0 unspecified atom stereocenters. The van der Waals surface area contributed by atoms with Gasteiger partial charge in [-0.05, 0) is 30.7 Å². The van der Waals surface area contributed by atoms with Gasteiger partial charge in [0.2, 0.25) is 21.9 Å². The van der Waals surface area contributed by atoms with Gasteiger partial charge in [0, 0.05) is 32.6 Å². The average Bonchev–Trinajstić information content (AvgIpc) is 2.77. The Labute approximate surface area is 177 Å². The number of piperidine rings is 1. The third kappa shape index (κ3) is 4.36. The van der Waals surface area contributed by atoms with E-state index in [2.05, 4.69) is 24.6 Å². The van der Waals surface area contributed by atoms with Crippen molar-refractivity contribution in [3.8, 4) is 0 Å². The number of hydrogen-bond donors (Lipinski definition) is 1. The Balaban J connectivity index is 1.61. The van der Waals surface area contributed by atoms with Crippen LogP contribution < -0.4 is 14.5 Å². The first-order valence-corrected chi connectivity index (χ1v) is 11.6. The van der Waals surface area contributed by atoms with Crippen molar-refractivity contribution in [2.75, 3.05) is 37.0 Å². The minimum atomic E-state index is -3.73. The summed E-state index contributed by atoms with van der Waals surface area (Å²) in [6, 6.07) is 12.7. The third-order valence-corrected chi connectivity index (χ3v) is 6.62. The minimum Gasteiger partial charge on any atom is -0.347 e. The molecule has 30 heavy (non-hydrogen) atoms. The molecule has 0 bridgehead atoms. The zero-order valence-corrected chi connectivity index (χ0v) is 18.1. The Kier molecular flexibility index (Phi) is 5.83. The van der Waals surface area contributed by atoms with E-state index in [1.54, 1.807) is 17.0 Å². The summed E-state index contributed by atoms with van der Waals surface area (Å²) in [6.07, 6.45) is 3.41. The van der Waals surface area contributed by atoms with Gasteiger partial charge in [0.15, 0.2) is 5.82 Å². The Morgan fingerprint density at radius 1 is 0.967 bits per heavy atom. The smallest absolute Gasteiger partial charge is 0.241 e. The average molecular weight is 427 g/mol. The molecule has 2 heterocycles. The second kappa shape index (κ2) is 8.53. The highest BCUT2D eigenvalue weighted by molar-refractivity contribution is 7.89. The van der Waals surface area contributed by atoms with Crippen LogP contribution in [0.3, 0.4) is 0 Å². The van der Waals surface area contributed by atoms with Crippen molar-refractivity contribution in [3.05, 3.63) is 48.3 Å². The lowest BCUT2D eigenvalue weighted by molar-refractivity contribution is 0.563. The van der Waals surface area contributed by atoms with Crippen molar-refractivity contribution >= 4 is 32.7 Å². The summed E-state index contributed by atoms with van der Waals surface area (Å²) in [6.45, 7) is 1.80. The molecule has 0 saturated carbocycles. The van der Waals surface area contributed by atoms with Gasteiger partial charge in [0.1, 0.15) is 0 Å². The largest absolute Gasteiger partial charge is 0.347 e. The van der Waals surface area contributed by atoms with E-state index in [0.29, 0.717) is 23.1 Å². The second-order valence-electron chi connectivity index (χ2n) is 7.60. The Hall–Kier alpha value is -2.78. The highest BCUT2D eigenvalue weighted by Gasteiger charge is 2.20. The number of benzene rings is 2. The lowest BCUT2D eigenvalue weighted by Crippen LogP contribution is -2.33. The zero-order chi connectivity index (χ0) is 21.1. The number of nitrogens with zero attached hydrogens (tertiary/aromatic N) is 5. The van der Waals surface area contributed by atoms with Crippen LogP contribution in [0.1, 0.15) is 25.1 Å². The lowest BCUT2D eigenvalue weighted by atomic mass is 10.1. The number of fused-ring (bicyclic) bond motifs is 1. The number of rotatable bonds is 6. The summed E-state index contributed by atoms with van der Waals surface area (Å²) in [5.41, 5.74) is 0. The summed E-state index contributed by atoms with van der Waals surface area (Å²) < 4.78 is 28.7. The first-order chi connectivity index (χ1) is 14.4. The number of nitrogens with one attached hydrogen (secondary N) is 1. The summed E-state index contributed by atoms with van der Waals surface area (Å²) in [5.74, 6) is 1.52. The number of anilines is 2. The van der Waals surface area contributed by atoms with Crippen LogP contribution in [-0.2, 0) is 16.6 Å². The minimum absolute atomic E-state index is 0.00421. The second-order valence-corrected chi connectivity index (χ2v) is 9.33. The molecule has 2 aromatic carbocycles. The van der Waals surface area contributed by atoms with Gasteiger partial charge in [-0.2, -0.15) is 15.0 Å². The molecule has 1 saturated heterocycles. The van der Waals surface area contributed by atoms with E-state index in [4.69, 9.17) is 0 Å². The number of hydrogen-bond acceptors (Lipinski definition) is 7. The molecule has 1 aliphatic rings. The Morgan fingerprint density at radius 3 is 2.47 bits per heavy atom. The summed E-state index contributed by atoms with van der Waals surface area (Å²) in [7, 11) is -0.0125. The molecule has 1 aromatic heterocycles. The fraction of sp³-hybridized carbons (Fsp3) is 0.381. The number of sulfonamides is 1. The first kappa shape index (κ1) is 20.5. The van der Waals surface area contributed by atoms with Crippen molar-refractivity contribution < 1.29 is 8.42 Å². The predicted molar refractivity (Wildman–Crippen MR) is 118 cm³/mol. The molecule has 1 N–H and O–H groups in total. The summed E-state index contributed by atoms with van der Waals surface area (Å²) in [4.78, 5) is 17.7. The third-order valence-electron chi connectivity index (χ3n) is 5.16. The molecule has 3 aromatic rings. The highest BCUT2D eigenvalue weighted by Crippen LogP contribution is 2.23. The van der Waals surface area contributed by atoms with E-state index >= 15 is 0 Å². The van der Waals surface area contributed by atoms with Gasteiger partial charge in [-0.3, -0.25) is 0 Å². The molecule has 0 atom stereocenters. The maximum atomic E-state index is 13.0. The summed E-state index contributed by atoms with van der Waals surface area (Å²) >= 11 is 0. The fourth-order valence-electron chi connectivity index (χ4n) is 3.58. The molecule has 8 nitrogen and oxygen atoms in total. The van der Waals surface area contributed by atoms with E-state index in [0.717, 1.165) is 31.3 Å². The molecule has 0 spiro atoms. The SMILES string of the molecule is CN(C)c1nc(CNS(=O)(=O)c2cccc3ccccc23)nc(N2CCCCC2)n1. The predicted octanol–water partition coefficient (Wildman–Crippen LogP) is 2.56. The normalized spacial score (nSPS) is 14.8. The Bertz CT molecular complexity index is 1140. The molecule has 1 fully saturated rings. The van der Waals surface area contributed by atoms with Crippen LogP contribution >= 0.6 is 0 Å². The maximum Gasteiger partial charge on any atom is 0.241 e. The molecule has 9 heteroatoms. The van der Waals surface area contributed by atoms with E-state index in [1.165, 1.54) is 6.42 Å². The molecule has 1 aliphatic heterocycles. The molecule has 0 aliphatic carbocycles. The van der Waals surface area contributed by atoms with Crippen molar-refractivity contribution in [1.82, 2.24) is 19.7 Å². The van der Waals surface area contributed by atoms with Crippen LogP contribution in [0.2, 0.25) is 0 Å². The first-order valence-electron chi connectivity index (χ1n) is 10.1. The van der Waals surface area contributed by atoms with Gasteiger partial charge in [-0.15, -0.1) is 0 Å². The topological polar surface area (TPSA) is 91.3 Å². The van der Waals surface area contributed by atoms with Crippen molar-refractivity contribution in [3.63, 3.8) is 0 Å². The lowest BCUT2D eigenvalue weighted by Gasteiger charge is -2.27. The molecule has 158 valence electrons. The summed E-state index contributed by atoms with van der Waals surface area (Å²) in [5, 5.41) is 1.56. The highest BCUT2D eigenvalue weighted by atomic mass is 32.2. The zero-order valence-electron chi connectivity index (χ0n) is 17.2. The molecular weight excluding hydrogens is 400 g/mol. The quantitative estimate of drug-likeness (QED) is 0.648. The molecule has 4 rings (SSSR count). The van der Waals surface area contributed by atoms with Gasteiger partial charge < -0.3 is 9.80 Å². The number of aromatic nitrogens is 3. The van der Waals surface area contributed by atoms with E-state index in [9.17, 15) is 8.42 Å². The molecule has 0 radical (unpaired) electrons. The fourth-order valence-corrected chi connectivity index (χ4v) is 4.78. The van der Waals surface area contributed by atoms with Gasteiger partial charge in [0.05, 0.1) is 11.4 Å². The van der Waals surface area contributed by atoms with Crippen LogP contribution in [0.5, 0.6) is 0 Å². The van der Waals surface area contributed by atoms with Crippen LogP contribution in [0.15, 0.2) is 47.4 Å². The van der Waals surface area contributed by atoms with Crippen LogP contribution in [0, 0.1) is 0 Å². The van der Waals surface area contributed by atoms with Crippen LogP contribution in [-0.4, -0.2) is 50.6 Å². The van der Waals surface area contributed by atoms with Crippen LogP contribution in [0.4, 0.5) is 11.9 Å².